The molecule has 0 aliphatic carbocycles. The molecule has 2 N–H and O–H groups in total. The van der Waals surface area contributed by atoms with Crippen molar-refractivity contribution >= 4 is 5.91 Å². The highest BCUT2D eigenvalue weighted by Gasteiger charge is 2.13. The second-order valence-electron chi connectivity index (χ2n) is 3.10. The molecule has 2 rings (SSSR count). The van der Waals surface area contributed by atoms with Crippen molar-refractivity contribution in [1.82, 2.24) is 20.7 Å². The fourth-order valence-corrected chi connectivity index (χ4v) is 1.15. The van der Waals surface area contributed by atoms with E-state index in [0.717, 1.165) is 11.3 Å². The van der Waals surface area contributed by atoms with Gasteiger partial charge in [0.1, 0.15) is 0 Å². The van der Waals surface area contributed by atoms with Crippen molar-refractivity contribution in [1.29, 1.82) is 0 Å². The van der Waals surface area contributed by atoms with Crippen LogP contribution in [-0.2, 0) is 6.54 Å². The van der Waals surface area contributed by atoms with Crippen LogP contribution in [0.3, 0.4) is 0 Å². The molecule has 2 aromatic rings. The Morgan fingerprint density at radius 2 is 2.53 bits per heavy atom. The molecule has 2 heterocycles. The molecule has 0 saturated heterocycles. The number of amides is 1. The van der Waals surface area contributed by atoms with E-state index in [1.807, 2.05) is 0 Å². The first kappa shape index (κ1) is 9.45. The summed E-state index contributed by atoms with van der Waals surface area (Å²) in [7, 11) is 0. The van der Waals surface area contributed by atoms with Crippen molar-refractivity contribution in [2.75, 3.05) is 0 Å². The third kappa shape index (κ3) is 2.04. The van der Waals surface area contributed by atoms with Crippen molar-refractivity contribution in [3.8, 4) is 0 Å². The summed E-state index contributed by atoms with van der Waals surface area (Å²) in [6.07, 6.45) is 3.13. The highest BCUT2D eigenvalue weighted by molar-refractivity contribution is 5.92. The average molecular weight is 206 g/mol. The molecule has 0 aromatic carbocycles. The molecule has 0 radical (unpaired) electrons. The van der Waals surface area contributed by atoms with Crippen LogP contribution < -0.4 is 5.32 Å². The van der Waals surface area contributed by atoms with Crippen LogP contribution in [-0.4, -0.2) is 21.3 Å². The number of nitrogens with one attached hydrogen (secondary N) is 2. The Hall–Kier alpha value is -2.11. The summed E-state index contributed by atoms with van der Waals surface area (Å²) in [5.41, 5.74) is 1.55. The lowest BCUT2D eigenvalue weighted by Crippen LogP contribution is -2.23. The molecule has 15 heavy (non-hydrogen) atoms. The molecule has 0 aliphatic rings. The van der Waals surface area contributed by atoms with Gasteiger partial charge in [-0.3, -0.25) is 9.89 Å². The third-order valence-corrected chi connectivity index (χ3v) is 1.95. The number of hydrogen-bond acceptors (Lipinski definition) is 4. The van der Waals surface area contributed by atoms with Crippen molar-refractivity contribution in [3.63, 3.8) is 0 Å². The Bertz CT molecular complexity index is 446. The zero-order chi connectivity index (χ0) is 10.7. The van der Waals surface area contributed by atoms with Gasteiger partial charge in [-0.15, -0.1) is 0 Å². The molecule has 1 amide bonds. The SMILES string of the molecule is Cc1cnoc1C(=O)NCc1ccn[nH]1. The van der Waals surface area contributed by atoms with Gasteiger partial charge in [-0.1, -0.05) is 5.16 Å². The molecule has 0 spiro atoms. The first-order valence-corrected chi connectivity index (χ1v) is 4.45. The summed E-state index contributed by atoms with van der Waals surface area (Å²) in [6.45, 7) is 2.15. The molecule has 0 saturated carbocycles. The zero-order valence-corrected chi connectivity index (χ0v) is 8.15. The van der Waals surface area contributed by atoms with Crippen molar-refractivity contribution in [2.45, 2.75) is 13.5 Å². The van der Waals surface area contributed by atoms with Gasteiger partial charge in [-0.05, 0) is 13.0 Å². The third-order valence-electron chi connectivity index (χ3n) is 1.95. The Labute approximate surface area is 85.7 Å². The number of aryl methyl sites for hydroxylation is 1. The van der Waals surface area contributed by atoms with E-state index in [2.05, 4.69) is 20.7 Å². The van der Waals surface area contributed by atoms with Crippen LogP contribution in [0.25, 0.3) is 0 Å². The number of carbonyl (C=O) groups is 1. The highest BCUT2D eigenvalue weighted by atomic mass is 16.5. The van der Waals surface area contributed by atoms with Crippen LogP contribution in [0.15, 0.2) is 23.0 Å². The molecule has 0 bridgehead atoms. The molecule has 6 heteroatoms. The van der Waals surface area contributed by atoms with E-state index in [4.69, 9.17) is 4.52 Å². The van der Waals surface area contributed by atoms with Crippen LogP contribution >= 0.6 is 0 Å². The van der Waals surface area contributed by atoms with Gasteiger partial charge in [-0.25, -0.2) is 0 Å². The average Bonchev–Trinajstić information content (AvgIpc) is 2.84. The summed E-state index contributed by atoms with van der Waals surface area (Å²) in [6, 6.07) is 1.79. The largest absolute Gasteiger partial charge is 0.351 e. The number of rotatable bonds is 3. The maximum atomic E-state index is 11.5. The summed E-state index contributed by atoms with van der Waals surface area (Å²) in [5.74, 6) is -0.0332. The van der Waals surface area contributed by atoms with Gasteiger partial charge >= 0.3 is 0 Å². The highest BCUT2D eigenvalue weighted by Crippen LogP contribution is 2.05. The predicted molar refractivity (Wildman–Crippen MR) is 51.0 cm³/mol. The van der Waals surface area contributed by atoms with Gasteiger partial charge in [0, 0.05) is 11.8 Å². The van der Waals surface area contributed by atoms with E-state index in [1.165, 1.54) is 6.20 Å². The summed E-state index contributed by atoms with van der Waals surface area (Å²) in [5, 5.41) is 12.7. The van der Waals surface area contributed by atoms with Gasteiger partial charge in [0.2, 0.25) is 5.76 Å². The van der Waals surface area contributed by atoms with E-state index < -0.39 is 0 Å². The minimum absolute atomic E-state index is 0.245. The molecule has 6 nitrogen and oxygen atoms in total. The first-order chi connectivity index (χ1) is 7.27. The number of aromatic nitrogens is 3. The number of H-pyrrole nitrogens is 1. The fraction of sp³-hybridized carbons (Fsp3) is 0.222. The summed E-state index contributed by atoms with van der Waals surface area (Å²) >= 11 is 0. The van der Waals surface area contributed by atoms with Gasteiger partial charge in [0.25, 0.3) is 5.91 Å². The van der Waals surface area contributed by atoms with E-state index in [9.17, 15) is 4.79 Å². The van der Waals surface area contributed by atoms with Crippen LogP contribution in [0.2, 0.25) is 0 Å². The molecule has 0 fully saturated rings. The summed E-state index contributed by atoms with van der Waals surface area (Å²) < 4.78 is 4.81. The maximum absolute atomic E-state index is 11.5. The zero-order valence-electron chi connectivity index (χ0n) is 8.15. The smallest absolute Gasteiger partial charge is 0.290 e. The monoisotopic (exact) mass is 206 g/mol. The molecular formula is C9H10N4O2. The minimum Gasteiger partial charge on any atom is -0.351 e. The second kappa shape index (κ2) is 3.95. The van der Waals surface area contributed by atoms with E-state index in [-0.39, 0.29) is 11.7 Å². The topological polar surface area (TPSA) is 83.8 Å². The number of hydrogen-bond donors (Lipinski definition) is 2. The Kier molecular flexibility index (Phi) is 2.49. The fourth-order valence-electron chi connectivity index (χ4n) is 1.15. The van der Waals surface area contributed by atoms with E-state index in [1.54, 1.807) is 19.2 Å². The van der Waals surface area contributed by atoms with Gasteiger partial charge in [-0.2, -0.15) is 5.10 Å². The number of aromatic amines is 1. The number of nitrogens with zero attached hydrogens (tertiary/aromatic N) is 2. The second-order valence-corrected chi connectivity index (χ2v) is 3.10. The maximum Gasteiger partial charge on any atom is 0.290 e. The van der Waals surface area contributed by atoms with Crippen LogP contribution in [0.5, 0.6) is 0 Å². The van der Waals surface area contributed by atoms with Gasteiger partial charge < -0.3 is 9.84 Å². The van der Waals surface area contributed by atoms with Crippen molar-refractivity contribution in [2.24, 2.45) is 0 Å². The lowest BCUT2D eigenvalue weighted by atomic mass is 10.3. The molecule has 0 unspecified atom stereocenters. The van der Waals surface area contributed by atoms with Gasteiger partial charge in [0.15, 0.2) is 0 Å². The van der Waals surface area contributed by atoms with Crippen LogP contribution in [0.4, 0.5) is 0 Å². The van der Waals surface area contributed by atoms with E-state index >= 15 is 0 Å². The molecule has 0 atom stereocenters. The summed E-state index contributed by atoms with van der Waals surface area (Å²) in [4.78, 5) is 11.5. The predicted octanol–water partition coefficient (Wildman–Crippen LogP) is 0.636. The van der Waals surface area contributed by atoms with Crippen LogP contribution in [0.1, 0.15) is 21.8 Å². The number of carbonyl (C=O) groups excluding carboxylic acids is 1. The molecular weight excluding hydrogens is 196 g/mol. The molecule has 0 aliphatic heterocycles. The van der Waals surface area contributed by atoms with Crippen molar-refractivity contribution in [3.05, 3.63) is 35.5 Å². The normalized spacial score (nSPS) is 10.2. The lowest BCUT2D eigenvalue weighted by molar-refractivity contribution is 0.0912. The standard InChI is InChI=1S/C9H10N4O2/c1-6-4-12-15-8(6)9(14)10-5-7-2-3-11-13-7/h2-4H,5H2,1H3,(H,10,14)(H,11,13). The van der Waals surface area contributed by atoms with Crippen molar-refractivity contribution < 1.29 is 9.32 Å². The molecule has 78 valence electrons. The Morgan fingerprint density at radius 3 is 3.13 bits per heavy atom. The lowest BCUT2D eigenvalue weighted by Gasteiger charge is -2.00. The van der Waals surface area contributed by atoms with Gasteiger partial charge in [0.05, 0.1) is 18.4 Å². The Morgan fingerprint density at radius 1 is 1.67 bits per heavy atom. The van der Waals surface area contributed by atoms with E-state index in [0.29, 0.717) is 6.54 Å². The Balaban J connectivity index is 1.96. The first-order valence-electron chi connectivity index (χ1n) is 4.45. The quantitative estimate of drug-likeness (QED) is 0.771. The minimum atomic E-state index is -0.278. The molecule has 2 aromatic heterocycles. The van der Waals surface area contributed by atoms with Crippen LogP contribution in [0, 0.1) is 6.92 Å².